The van der Waals surface area contributed by atoms with Crippen LogP contribution in [0.25, 0.3) is 0 Å². The molecule has 3 rings (SSSR count). The second-order valence-electron chi connectivity index (χ2n) is 6.42. The zero-order chi connectivity index (χ0) is 17.0. The first-order valence-corrected chi connectivity index (χ1v) is 8.46. The van der Waals surface area contributed by atoms with E-state index in [1.54, 1.807) is 25.3 Å². The van der Waals surface area contributed by atoms with Gasteiger partial charge in [0, 0.05) is 11.8 Å². The number of anilines is 1. The Bertz CT molecular complexity index is 707. The molecule has 4 heteroatoms. The third-order valence-corrected chi connectivity index (χ3v) is 4.89. The van der Waals surface area contributed by atoms with Crippen LogP contribution in [0.4, 0.5) is 5.69 Å². The van der Waals surface area contributed by atoms with E-state index in [4.69, 9.17) is 10.5 Å². The number of carbonyl (C=O) groups excluding carboxylic acids is 1. The standard InChI is InChI=1S/C20H24N2O2/c1-24-16-10-11-17(18(21)14-16)19(23)22-20(12-6-3-7-13-20)15-8-4-2-5-9-15/h2,4-5,8-11,14H,3,6-7,12-13,21H2,1H3,(H,22,23). The molecule has 1 saturated carbocycles. The molecule has 0 bridgehead atoms. The first-order valence-electron chi connectivity index (χ1n) is 8.46. The van der Waals surface area contributed by atoms with Crippen molar-refractivity contribution in [1.82, 2.24) is 5.32 Å². The van der Waals surface area contributed by atoms with Gasteiger partial charge in [0.05, 0.1) is 18.2 Å². The average molecular weight is 324 g/mol. The molecule has 0 radical (unpaired) electrons. The predicted octanol–water partition coefficient (Wildman–Crippen LogP) is 3.87. The monoisotopic (exact) mass is 324 g/mol. The van der Waals surface area contributed by atoms with E-state index >= 15 is 0 Å². The maximum absolute atomic E-state index is 12.9. The molecule has 0 spiro atoms. The highest BCUT2D eigenvalue weighted by atomic mass is 16.5. The lowest BCUT2D eigenvalue weighted by Crippen LogP contribution is -2.47. The van der Waals surface area contributed by atoms with Crippen molar-refractivity contribution >= 4 is 11.6 Å². The van der Waals surface area contributed by atoms with Crippen LogP contribution < -0.4 is 15.8 Å². The summed E-state index contributed by atoms with van der Waals surface area (Å²) in [4.78, 5) is 12.9. The van der Waals surface area contributed by atoms with Gasteiger partial charge in [0.15, 0.2) is 0 Å². The van der Waals surface area contributed by atoms with Gasteiger partial charge in [-0.25, -0.2) is 0 Å². The Balaban J connectivity index is 1.89. The van der Waals surface area contributed by atoms with Crippen LogP contribution in [0.5, 0.6) is 5.75 Å². The molecule has 3 N–H and O–H groups in total. The smallest absolute Gasteiger partial charge is 0.254 e. The molecule has 24 heavy (non-hydrogen) atoms. The molecule has 0 atom stereocenters. The highest BCUT2D eigenvalue weighted by molar-refractivity contribution is 5.99. The van der Waals surface area contributed by atoms with Gasteiger partial charge in [-0.2, -0.15) is 0 Å². The van der Waals surface area contributed by atoms with Crippen molar-refractivity contribution in [3.05, 3.63) is 59.7 Å². The van der Waals surface area contributed by atoms with Crippen molar-refractivity contribution < 1.29 is 9.53 Å². The molecule has 1 aliphatic carbocycles. The van der Waals surface area contributed by atoms with Crippen molar-refractivity contribution in [3.8, 4) is 5.75 Å². The Labute approximate surface area is 143 Å². The van der Waals surface area contributed by atoms with Crippen LogP contribution in [0.15, 0.2) is 48.5 Å². The van der Waals surface area contributed by atoms with Gasteiger partial charge in [0.2, 0.25) is 0 Å². The fourth-order valence-corrected chi connectivity index (χ4v) is 3.56. The van der Waals surface area contributed by atoms with Crippen LogP contribution in [0, 0.1) is 0 Å². The molecule has 4 nitrogen and oxygen atoms in total. The summed E-state index contributed by atoms with van der Waals surface area (Å²) in [6, 6.07) is 15.4. The second-order valence-corrected chi connectivity index (χ2v) is 6.42. The van der Waals surface area contributed by atoms with Crippen molar-refractivity contribution in [2.45, 2.75) is 37.6 Å². The van der Waals surface area contributed by atoms with Gasteiger partial charge < -0.3 is 15.8 Å². The molecular weight excluding hydrogens is 300 g/mol. The number of hydrogen-bond acceptors (Lipinski definition) is 3. The number of benzene rings is 2. The normalized spacial score (nSPS) is 16.4. The molecule has 2 aromatic rings. The largest absolute Gasteiger partial charge is 0.497 e. The van der Waals surface area contributed by atoms with Crippen LogP contribution in [0.3, 0.4) is 0 Å². The second kappa shape index (κ2) is 6.95. The van der Waals surface area contributed by atoms with E-state index < -0.39 is 0 Å². The molecule has 2 aromatic carbocycles. The first kappa shape index (κ1) is 16.4. The van der Waals surface area contributed by atoms with E-state index in [2.05, 4.69) is 17.4 Å². The summed E-state index contributed by atoms with van der Waals surface area (Å²) in [5.74, 6) is 0.528. The Morgan fingerprint density at radius 1 is 1.08 bits per heavy atom. The third-order valence-electron chi connectivity index (χ3n) is 4.89. The maximum Gasteiger partial charge on any atom is 0.254 e. The highest BCUT2D eigenvalue weighted by Crippen LogP contribution is 2.37. The number of nitrogens with two attached hydrogens (primary N) is 1. The van der Waals surface area contributed by atoms with Crippen molar-refractivity contribution in [1.29, 1.82) is 0 Å². The fourth-order valence-electron chi connectivity index (χ4n) is 3.56. The number of amides is 1. The topological polar surface area (TPSA) is 64.3 Å². The fraction of sp³-hybridized carbons (Fsp3) is 0.350. The van der Waals surface area contributed by atoms with Gasteiger partial charge in [-0.15, -0.1) is 0 Å². The number of carbonyl (C=O) groups is 1. The summed E-state index contributed by atoms with van der Waals surface area (Å²) in [6.07, 6.45) is 5.37. The van der Waals surface area contributed by atoms with Crippen molar-refractivity contribution in [3.63, 3.8) is 0 Å². The maximum atomic E-state index is 12.9. The van der Waals surface area contributed by atoms with Gasteiger partial charge in [0.25, 0.3) is 5.91 Å². The van der Waals surface area contributed by atoms with E-state index in [-0.39, 0.29) is 11.4 Å². The summed E-state index contributed by atoms with van der Waals surface area (Å²) < 4.78 is 5.16. The van der Waals surface area contributed by atoms with Gasteiger partial charge in [-0.05, 0) is 30.5 Å². The van der Waals surface area contributed by atoms with E-state index in [0.29, 0.717) is 17.0 Å². The zero-order valence-electron chi connectivity index (χ0n) is 14.0. The number of nitrogens with one attached hydrogen (secondary N) is 1. The van der Waals surface area contributed by atoms with E-state index in [1.807, 2.05) is 18.2 Å². The Morgan fingerprint density at radius 3 is 2.42 bits per heavy atom. The quantitative estimate of drug-likeness (QED) is 0.839. The molecule has 0 heterocycles. The van der Waals surface area contributed by atoms with Crippen LogP contribution in [0.2, 0.25) is 0 Å². The molecular formula is C20H24N2O2. The molecule has 1 amide bonds. The molecule has 126 valence electrons. The average Bonchev–Trinajstić information content (AvgIpc) is 2.63. The lowest BCUT2D eigenvalue weighted by Gasteiger charge is -2.39. The third kappa shape index (κ3) is 3.23. The van der Waals surface area contributed by atoms with E-state index in [1.165, 1.54) is 12.0 Å². The number of methoxy groups -OCH3 is 1. The lowest BCUT2D eigenvalue weighted by molar-refractivity contribution is 0.0867. The van der Waals surface area contributed by atoms with Gasteiger partial charge >= 0.3 is 0 Å². The molecule has 1 fully saturated rings. The predicted molar refractivity (Wildman–Crippen MR) is 96.1 cm³/mol. The van der Waals surface area contributed by atoms with Crippen LogP contribution in [-0.4, -0.2) is 13.0 Å². The van der Waals surface area contributed by atoms with Gasteiger partial charge in [0.1, 0.15) is 5.75 Å². The Kier molecular flexibility index (Phi) is 4.74. The summed E-state index contributed by atoms with van der Waals surface area (Å²) in [5, 5.41) is 3.28. The lowest BCUT2D eigenvalue weighted by atomic mass is 9.76. The number of ether oxygens (including phenoxy) is 1. The minimum absolute atomic E-state index is 0.124. The minimum atomic E-state index is -0.303. The number of hydrogen-bond donors (Lipinski definition) is 2. The number of rotatable bonds is 4. The molecule has 1 aliphatic rings. The Morgan fingerprint density at radius 2 is 1.79 bits per heavy atom. The van der Waals surface area contributed by atoms with Crippen LogP contribution >= 0.6 is 0 Å². The van der Waals surface area contributed by atoms with E-state index in [0.717, 1.165) is 25.7 Å². The van der Waals surface area contributed by atoms with Crippen LogP contribution in [0.1, 0.15) is 48.0 Å². The van der Waals surface area contributed by atoms with Gasteiger partial charge in [-0.3, -0.25) is 4.79 Å². The summed E-state index contributed by atoms with van der Waals surface area (Å²) >= 11 is 0. The minimum Gasteiger partial charge on any atom is -0.497 e. The van der Waals surface area contributed by atoms with E-state index in [9.17, 15) is 4.79 Å². The highest BCUT2D eigenvalue weighted by Gasteiger charge is 2.35. The summed E-state index contributed by atoms with van der Waals surface area (Å²) in [7, 11) is 1.58. The summed E-state index contributed by atoms with van der Waals surface area (Å²) in [6.45, 7) is 0. The van der Waals surface area contributed by atoms with Crippen molar-refractivity contribution in [2.24, 2.45) is 0 Å². The number of nitrogen functional groups attached to an aromatic ring is 1. The molecule has 0 aromatic heterocycles. The molecule has 0 unspecified atom stereocenters. The summed E-state index contributed by atoms with van der Waals surface area (Å²) in [5.41, 5.74) is 7.85. The van der Waals surface area contributed by atoms with Crippen molar-refractivity contribution in [2.75, 3.05) is 12.8 Å². The first-order chi connectivity index (χ1) is 11.6. The molecule has 0 saturated heterocycles. The zero-order valence-corrected chi connectivity index (χ0v) is 14.0. The molecule has 0 aliphatic heterocycles. The SMILES string of the molecule is COc1ccc(C(=O)NC2(c3ccccc3)CCCCC2)c(N)c1. The van der Waals surface area contributed by atoms with Crippen LogP contribution in [-0.2, 0) is 5.54 Å². The Hall–Kier alpha value is -2.49. The van der Waals surface area contributed by atoms with Gasteiger partial charge in [-0.1, -0.05) is 49.6 Å².